The number of primary amides is 1. The molecule has 1 rings (SSSR count). The van der Waals surface area contributed by atoms with E-state index in [0.29, 0.717) is 0 Å². The van der Waals surface area contributed by atoms with Crippen LogP contribution in [0, 0.1) is 0 Å². The Labute approximate surface area is 89.0 Å². The van der Waals surface area contributed by atoms with Gasteiger partial charge in [0.1, 0.15) is 5.75 Å². The molecule has 0 heterocycles. The van der Waals surface area contributed by atoms with Crippen LogP contribution < -0.4 is 15.8 Å². The minimum atomic E-state index is -2.98. The van der Waals surface area contributed by atoms with E-state index in [2.05, 4.69) is 10.1 Å². The smallest absolute Gasteiger partial charge is 0.387 e. The maximum Gasteiger partial charge on any atom is 0.387 e. The van der Waals surface area contributed by atoms with Gasteiger partial charge in [0.25, 0.3) is 0 Å². The fraction of sp³-hybridized carbons (Fsp3) is 0.125. The maximum atomic E-state index is 11.9. The molecule has 0 unspecified atom stereocenters. The molecule has 0 aliphatic heterocycles. The van der Waals surface area contributed by atoms with Gasteiger partial charge in [0.15, 0.2) is 0 Å². The van der Waals surface area contributed by atoms with Gasteiger partial charge >= 0.3 is 12.6 Å². The largest absolute Gasteiger partial charge is 0.433 e. The van der Waals surface area contributed by atoms with E-state index in [1.807, 2.05) is 0 Å². The number of alkyl halides is 2. The van der Waals surface area contributed by atoms with Crippen LogP contribution >= 0.6 is 11.6 Å². The zero-order valence-electron chi connectivity index (χ0n) is 7.34. The summed E-state index contributed by atoms with van der Waals surface area (Å²) in [4.78, 5) is 10.5. The van der Waals surface area contributed by atoms with Gasteiger partial charge in [-0.3, -0.25) is 0 Å². The Kier molecular flexibility index (Phi) is 3.68. The minimum Gasteiger partial charge on any atom is -0.433 e. The summed E-state index contributed by atoms with van der Waals surface area (Å²) in [6, 6.07) is 3.06. The van der Waals surface area contributed by atoms with Crippen LogP contribution in [0.5, 0.6) is 5.75 Å². The normalized spacial score (nSPS) is 10.1. The molecule has 4 nitrogen and oxygen atoms in total. The molecule has 0 fully saturated rings. The first kappa shape index (κ1) is 11.5. The van der Waals surface area contributed by atoms with Gasteiger partial charge in [-0.2, -0.15) is 8.78 Å². The third-order valence-electron chi connectivity index (χ3n) is 1.41. The highest BCUT2D eigenvalue weighted by Gasteiger charge is 2.09. The van der Waals surface area contributed by atoms with Gasteiger partial charge < -0.3 is 15.8 Å². The number of benzene rings is 1. The highest BCUT2D eigenvalue weighted by Crippen LogP contribution is 2.28. The molecule has 1 aromatic carbocycles. The number of carbonyl (C=O) groups is 1. The predicted molar refractivity (Wildman–Crippen MR) is 51.3 cm³/mol. The molecule has 7 heteroatoms. The number of hydrogen-bond donors (Lipinski definition) is 2. The first-order valence-corrected chi connectivity index (χ1v) is 4.17. The summed E-state index contributed by atoms with van der Waals surface area (Å²) in [6.45, 7) is -2.98. The summed E-state index contributed by atoms with van der Waals surface area (Å²) in [5.41, 5.74) is 5.07. The van der Waals surface area contributed by atoms with E-state index in [-0.39, 0.29) is 16.5 Å². The standard InChI is InChI=1S/C8H7ClF2N2O2/c9-5-2-1-4(13-8(12)14)3-6(5)15-7(10)11/h1-3,7H,(H3,12,13,14). The second-order valence-corrected chi connectivity index (χ2v) is 2.92. The molecule has 0 aliphatic rings. The molecular formula is C8H7ClF2N2O2. The highest BCUT2D eigenvalue weighted by molar-refractivity contribution is 6.32. The van der Waals surface area contributed by atoms with Gasteiger partial charge in [-0.25, -0.2) is 4.79 Å². The lowest BCUT2D eigenvalue weighted by molar-refractivity contribution is -0.0497. The van der Waals surface area contributed by atoms with Gasteiger partial charge in [0.05, 0.1) is 5.02 Å². The Balaban J connectivity index is 2.89. The second-order valence-electron chi connectivity index (χ2n) is 2.51. The number of hydrogen-bond acceptors (Lipinski definition) is 2. The Morgan fingerprint density at radius 3 is 2.73 bits per heavy atom. The number of nitrogens with one attached hydrogen (secondary N) is 1. The van der Waals surface area contributed by atoms with Crippen molar-refractivity contribution < 1.29 is 18.3 Å². The van der Waals surface area contributed by atoms with Crippen LogP contribution in [0.3, 0.4) is 0 Å². The minimum absolute atomic E-state index is 0.0188. The van der Waals surface area contributed by atoms with Crippen LogP contribution in [0.15, 0.2) is 18.2 Å². The molecular weight excluding hydrogens is 230 g/mol. The lowest BCUT2D eigenvalue weighted by Gasteiger charge is -2.08. The molecule has 0 spiro atoms. The number of urea groups is 1. The van der Waals surface area contributed by atoms with E-state index >= 15 is 0 Å². The van der Waals surface area contributed by atoms with E-state index in [0.717, 1.165) is 6.07 Å². The molecule has 2 amide bonds. The van der Waals surface area contributed by atoms with Gasteiger partial charge in [-0.05, 0) is 12.1 Å². The number of ether oxygens (including phenoxy) is 1. The quantitative estimate of drug-likeness (QED) is 0.847. The molecule has 0 aromatic heterocycles. The molecule has 0 saturated heterocycles. The van der Waals surface area contributed by atoms with E-state index in [1.165, 1.54) is 12.1 Å². The van der Waals surface area contributed by atoms with Gasteiger partial charge in [0, 0.05) is 11.8 Å². The summed E-state index contributed by atoms with van der Waals surface area (Å²) < 4.78 is 27.9. The maximum absolute atomic E-state index is 11.9. The summed E-state index contributed by atoms with van der Waals surface area (Å²) >= 11 is 5.57. The van der Waals surface area contributed by atoms with Crippen LogP contribution in [-0.2, 0) is 0 Å². The van der Waals surface area contributed by atoms with E-state index in [1.54, 1.807) is 0 Å². The van der Waals surface area contributed by atoms with Crippen molar-refractivity contribution in [1.82, 2.24) is 0 Å². The number of anilines is 1. The number of halogens is 3. The van der Waals surface area contributed by atoms with Gasteiger partial charge in [0.2, 0.25) is 0 Å². The van der Waals surface area contributed by atoms with Crippen molar-refractivity contribution in [3.05, 3.63) is 23.2 Å². The Bertz CT molecular complexity index is 374. The lowest BCUT2D eigenvalue weighted by Crippen LogP contribution is -2.19. The first-order valence-electron chi connectivity index (χ1n) is 3.80. The topological polar surface area (TPSA) is 64.4 Å². The van der Waals surface area contributed by atoms with Crippen molar-refractivity contribution in [1.29, 1.82) is 0 Å². The van der Waals surface area contributed by atoms with Crippen LogP contribution in [-0.4, -0.2) is 12.6 Å². The molecule has 0 radical (unpaired) electrons. The van der Waals surface area contributed by atoms with E-state index in [9.17, 15) is 13.6 Å². The number of amides is 2. The fourth-order valence-electron chi connectivity index (χ4n) is 0.910. The molecule has 1 aromatic rings. The number of carbonyl (C=O) groups excluding carboxylic acids is 1. The molecule has 3 N–H and O–H groups in total. The van der Waals surface area contributed by atoms with E-state index < -0.39 is 12.6 Å². The van der Waals surface area contributed by atoms with Crippen molar-refractivity contribution >= 4 is 23.3 Å². The van der Waals surface area contributed by atoms with E-state index in [4.69, 9.17) is 17.3 Å². The lowest BCUT2D eigenvalue weighted by atomic mass is 10.3. The number of nitrogens with two attached hydrogens (primary N) is 1. The van der Waals surface area contributed by atoms with Crippen molar-refractivity contribution in [2.45, 2.75) is 6.61 Å². The van der Waals surface area contributed by atoms with Gasteiger partial charge in [-0.15, -0.1) is 0 Å². The molecule has 0 bridgehead atoms. The Hall–Kier alpha value is -1.56. The van der Waals surface area contributed by atoms with Crippen LogP contribution in [0.4, 0.5) is 19.3 Å². The zero-order chi connectivity index (χ0) is 11.4. The van der Waals surface area contributed by atoms with Crippen LogP contribution in [0.1, 0.15) is 0 Å². The Morgan fingerprint density at radius 2 is 2.20 bits per heavy atom. The average Bonchev–Trinajstić information content (AvgIpc) is 2.09. The third kappa shape index (κ3) is 3.59. The summed E-state index contributed by atoms with van der Waals surface area (Å²) in [6.07, 6.45) is 0. The Morgan fingerprint density at radius 1 is 1.53 bits per heavy atom. The van der Waals surface area contributed by atoms with Crippen molar-refractivity contribution in [2.24, 2.45) is 5.73 Å². The summed E-state index contributed by atoms with van der Waals surface area (Å²) in [7, 11) is 0. The molecule has 0 saturated carbocycles. The predicted octanol–water partition coefficient (Wildman–Crippen LogP) is 2.43. The molecule has 0 aliphatic carbocycles. The van der Waals surface area contributed by atoms with Crippen molar-refractivity contribution in [3.8, 4) is 5.75 Å². The summed E-state index contributed by atoms with van der Waals surface area (Å²) in [5.74, 6) is -0.224. The second kappa shape index (κ2) is 4.79. The van der Waals surface area contributed by atoms with Crippen LogP contribution in [0.25, 0.3) is 0 Å². The summed E-state index contributed by atoms with van der Waals surface area (Å²) in [5, 5.41) is 2.22. The third-order valence-corrected chi connectivity index (χ3v) is 1.73. The van der Waals surface area contributed by atoms with Crippen LogP contribution in [0.2, 0.25) is 5.02 Å². The monoisotopic (exact) mass is 236 g/mol. The number of rotatable bonds is 3. The zero-order valence-corrected chi connectivity index (χ0v) is 8.09. The van der Waals surface area contributed by atoms with Gasteiger partial charge in [-0.1, -0.05) is 11.6 Å². The molecule has 15 heavy (non-hydrogen) atoms. The first-order chi connectivity index (χ1) is 6.99. The highest BCUT2D eigenvalue weighted by atomic mass is 35.5. The SMILES string of the molecule is NC(=O)Nc1ccc(Cl)c(OC(F)F)c1. The van der Waals surface area contributed by atoms with Crippen molar-refractivity contribution in [3.63, 3.8) is 0 Å². The molecule has 0 atom stereocenters. The van der Waals surface area contributed by atoms with Crippen molar-refractivity contribution in [2.75, 3.05) is 5.32 Å². The average molecular weight is 237 g/mol. The molecule has 82 valence electrons. The fourth-order valence-corrected chi connectivity index (χ4v) is 1.07.